The lowest BCUT2D eigenvalue weighted by Gasteiger charge is -2.13. The van der Waals surface area contributed by atoms with Crippen LogP contribution in [0, 0.1) is 0 Å². The van der Waals surface area contributed by atoms with Crippen LogP contribution in [-0.4, -0.2) is 24.5 Å². The first-order valence-electron chi connectivity index (χ1n) is 9.42. The Hall–Kier alpha value is -3.66. The van der Waals surface area contributed by atoms with Gasteiger partial charge in [-0.2, -0.15) is 28.1 Å². The van der Waals surface area contributed by atoms with Gasteiger partial charge in [0.25, 0.3) is 5.56 Å². The number of hydrogen-bond donors (Lipinski definition) is 1. The Morgan fingerprint density at radius 2 is 1.78 bits per heavy atom. The molecule has 1 aromatic carbocycles. The monoisotopic (exact) mass is 460 g/mol. The average Bonchev–Trinajstić information content (AvgIpc) is 3.28. The summed E-state index contributed by atoms with van der Waals surface area (Å²) in [6, 6.07) is 11.5. The summed E-state index contributed by atoms with van der Waals surface area (Å²) in [5.41, 5.74) is 0.692. The van der Waals surface area contributed by atoms with Crippen LogP contribution >= 0.6 is 11.6 Å². The third-order valence-corrected chi connectivity index (χ3v) is 5.06. The molecule has 0 spiro atoms. The van der Waals surface area contributed by atoms with Crippen LogP contribution in [0.15, 0.2) is 72.0 Å². The molecule has 0 radical (unpaired) electrons. The van der Waals surface area contributed by atoms with Crippen LogP contribution in [0.2, 0.25) is 5.02 Å². The second kappa shape index (κ2) is 8.83. The molecule has 0 aliphatic heterocycles. The molecule has 3 heterocycles. The topological polar surface area (TPSA) is 77.6 Å². The van der Waals surface area contributed by atoms with Gasteiger partial charge in [0.15, 0.2) is 5.82 Å². The Morgan fingerprint density at radius 3 is 2.44 bits per heavy atom. The SMILES string of the molecule is O=c1c(Cl)c(NCc2ccccc2Cn2cccn2)cnn1-c1ccc(C(F)(F)F)cn1. The van der Waals surface area contributed by atoms with Crippen molar-refractivity contribution in [3.05, 3.63) is 99.3 Å². The van der Waals surface area contributed by atoms with Crippen LogP contribution in [0.4, 0.5) is 18.9 Å². The Morgan fingerprint density at radius 1 is 1.00 bits per heavy atom. The summed E-state index contributed by atoms with van der Waals surface area (Å²) >= 11 is 6.22. The van der Waals surface area contributed by atoms with Crippen molar-refractivity contribution in [1.29, 1.82) is 0 Å². The van der Waals surface area contributed by atoms with Crippen molar-refractivity contribution in [3.8, 4) is 5.82 Å². The standard InChI is InChI=1S/C21H16ClF3N6O/c22-19-17(26-10-14-4-1-2-5-15(14)13-30-9-3-8-28-30)12-29-31(20(19)32)18-7-6-16(11-27-18)21(23,24)25/h1-9,11-12,26H,10,13H2. The summed E-state index contributed by atoms with van der Waals surface area (Å²) < 4.78 is 40.8. The molecule has 0 atom stereocenters. The van der Waals surface area contributed by atoms with Crippen molar-refractivity contribution in [3.63, 3.8) is 0 Å². The second-order valence-corrected chi connectivity index (χ2v) is 7.20. The van der Waals surface area contributed by atoms with E-state index in [1.807, 2.05) is 36.5 Å². The molecule has 0 aliphatic carbocycles. The number of benzene rings is 1. The third kappa shape index (κ3) is 4.65. The van der Waals surface area contributed by atoms with E-state index in [1.54, 1.807) is 10.9 Å². The van der Waals surface area contributed by atoms with Gasteiger partial charge in [0.05, 0.1) is 24.0 Å². The van der Waals surface area contributed by atoms with Crippen LogP contribution in [0.25, 0.3) is 5.82 Å². The van der Waals surface area contributed by atoms with Crippen LogP contribution in [-0.2, 0) is 19.3 Å². The van der Waals surface area contributed by atoms with E-state index in [-0.39, 0.29) is 10.8 Å². The van der Waals surface area contributed by atoms with Crippen molar-refractivity contribution >= 4 is 17.3 Å². The normalized spacial score (nSPS) is 11.5. The lowest BCUT2D eigenvalue weighted by Crippen LogP contribution is -2.24. The number of anilines is 1. The van der Waals surface area contributed by atoms with E-state index < -0.39 is 17.3 Å². The zero-order valence-electron chi connectivity index (χ0n) is 16.4. The summed E-state index contributed by atoms with van der Waals surface area (Å²) in [6.07, 6.45) is 1.01. The largest absolute Gasteiger partial charge is 0.417 e. The fourth-order valence-corrected chi connectivity index (χ4v) is 3.24. The zero-order valence-corrected chi connectivity index (χ0v) is 17.2. The minimum absolute atomic E-state index is 0.0685. The molecule has 0 saturated heterocycles. The molecule has 4 rings (SSSR count). The molecule has 0 saturated carbocycles. The quantitative estimate of drug-likeness (QED) is 0.467. The van der Waals surface area contributed by atoms with Gasteiger partial charge in [-0.05, 0) is 29.3 Å². The predicted molar refractivity (Wildman–Crippen MR) is 113 cm³/mol. The first kappa shape index (κ1) is 21.6. The molecule has 0 aliphatic rings. The molecule has 0 unspecified atom stereocenters. The number of hydrogen-bond acceptors (Lipinski definition) is 5. The Bertz CT molecular complexity index is 1270. The maximum atomic E-state index is 12.7. The second-order valence-electron chi connectivity index (χ2n) is 6.82. The Kier molecular flexibility index (Phi) is 5.95. The number of alkyl halides is 3. The predicted octanol–water partition coefficient (Wildman–Crippen LogP) is 4.16. The summed E-state index contributed by atoms with van der Waals surface area (Å²) in [5, 5.41) is 11.1. The molecule has 7 nitrogen and oxygen atoms in total. The fraction of sp³-hybridized carbons (Fsp3) is 0.143. The molecular weight excluding hydrogens is 445 g/mol. The minimum atomic E-state index is -4.52. The van der Waals surface area contributed by atoms with Crippen molar-refractivity contribution in [2.75, 3.05) is 5.32 Å². The molecule has 164 valence electrons. The van der Waals surface area contributed by atoms with Gasteiger partial charge in [0, 0.05) is 25.1 Å². The molecular formula is C21H16ClF3N6O. The van der Waals surface area contributed by atoms with Crippen LogP contribution in [0.3, 0.4) is 0 Å². The number of nitrogens with zero attached hydrogens (tertiary/aromatic N) is 5. The summed E-state index contributed by atoms with van der Waals surface area (Å²) in [7, 11) is 0. The van der Waals surface area contributed by atoms with E-state index in [2.05, 4.69) is 20.5 Å². The zero-order chi connectivity index (χ0) is 22.7. The molecule has 11 heteroatoms. The van der Waals surface area contributed by atoms with E-state index in [1.165, 1.54) is 6.20 Å². The highest BCUT2D eigenvalue weighted by atomic mass is 35.5. The highest BCUT2D eigenvalue weighted by Crippen LogP contribution is 2.28. The first-order chi connectivity index (χ1) is 15.3. The van der Waals surface area contributed by atoms with Crippen molar-refractivity contribution in [1.82, 2.24) is 24.5 Å². The van der Waals surface area contributed by atoms with Gasteiger partial charge in [-0.1, -0.05) is 35.9 Å². The molecule has 4 aromatic rings. The summed E-state index contributed by atoms with van der Waals surface area (Å²) in [6.45, 7) is 0.957. The average molecular weight is 461 g/mol. The van der Waals surface area contributed by atoms with E-state index in [0.29, 0.717) is 25.0 Å². The highest BCUT2D eigenvalue weighted by Gasteiger charge is 2.30. The highest BCUT2D eigenvalue weighted by molar-refractivity contribution is 6.32. The lowest BCUT2D eigenvalue weighted by molar-refractivity contribution is -0.137. The van der Waals surface area contributed by atoms with Crippen molar-refractivity contribution < 1.29 is 13.2 Å². The number of nitrogens with one attached hydrogen (secondary N) is 1. The van der Waals surface area contributed by atoms with E-state index in [9.17, 15) is 18.0 Å². The van der Waals surface area contributed by atoms with Crippen LogP contribution in [0.1, 0.15) is 16.7 Å². The summed E-state index contributed by atoms with van der Waals surface area (Å²) in [5.74, 6) is -0.0685. The van der Waals surface area contributed by atoms with E-state index >= 15 is 0 Å². The van der Waals surface area contributed by atoms with Crippen LogP contribution in [0.5, 0.6) is 0 Å². The fourth-order valence-electron chi connectivity index (χ4n) is 3.04. The minimum Gasteiger partial charge on any atom is -0.378 e. The maximum absolute atomic E-state index is 12.7. The van der Waals surface area contributed by atoms with E-state index in [0.717, 1.165) is 27.9 Å². The third-order valence-electron chi connectivity index (χ3n) is 4.69. The molecule has 0 fully saturated rings. The molecule has 0 bridgehead atoms. The van der Waals surface area contributed by atoms with E-state index in [4.69, 9.17) is 11.6 Å². The Labute approximate surface area is 185 Å². The Balaban J connectivity index is 1.53. The van der Waals surface area contributed by atoms with Gasteiger partial charge < -0.3 is 5.32 Å². The molecule has 1 N–H and O–H groups in total. The van der Waals surface area contributed by atoms with Gasteiger partial charge in [0.1, 0.15) is 5.02 Å². The van der Waals surface area contributed by atoms with Gasteiger partial charge in [-0.3, -0.25) is 9.48 Å². The smallest absolute Gasteiger partial charge is 0.378 e. The first-order valence-corrected chi connectivity index (χ1v) is 9.80. The van der Waals surface area contributed by atoms with Gasteiger partial charge in [-0.25, -0.2) is 4.98 Å². The number of halogens is 4. The van der Waals surface area contributed by atoms with Crippen LogP contribution < -0.4 is 10.9 Å². The van der Waals surface area contributed by atoms with Gasteiger partial charge in [-0.15, -0.1) is 0 Å². The summed E-state index contributed by atoms with van der Waals surface area (Å²) in [4.78, 5) is 16.3. The molecule has 0 amide bonds. The van der Waals surface area contributed by atoms with Crippen molar-refractivity contribution in [2.24, 2.45) is 0 Å². The van der Waals surface area contributed by atoms with Gasteiger partial charge in [0.2, 0.25) is 0 Å². The van der Waals surface area contributed by atoms with Gasteiger partial charge >= 0.3 is 6.18 Å². The number of rotatable bonds is 6. The number of aromatic nitrogens is 5. The molecule has 3 aromatic heterocycles. The lowest BCUT2D eigenvalue weighted by atomic mass is 10.1. The maximum Gasteiger partial charge on any atom is 0.417 e. The molecule has 32 heavy (non-hydrogen) atoms. The number of pyridine rings is 1. The van der Waals surface area contributed by atoms with Crippen molar-refractivity contribution in [2.45, 2.75) is 19.3 Å².